The van der Waals surface area contributed by atoms with Crippen LogP contribution in [0.3, 0.4) is 0 Å². The summed E-state index contributed by atoms with van der Waals surface area (Å²) in [5, 5.41) is 0. The first-order valence-corrected chi connectivity index (χ1v) is 3.83. The van der Waals surface area contributed by atoms with E-state index in [4.69, 9.17) is 9.47 Å². The molecule has 0 atom stereocenters. The lowest BCUT2D eigenvalue weighted by Crippen LogP contribution is -2.10. The second-order valence-corrected chi connectivity index (χ2v) is 2.03. The van der Waals surface area contributed by atoms with E-state index >= 15 is 0 Å². The third kappa shape index (κ3) is 9.00. The maximum Gasteiger partial charge on any atom is 0.365 e. The monoisotopic (exact) mass is 190 g/mol. The molecule has 0 unspecified atom stereocenters. The Balaban J connectivity index is 2.99. The molecule has 13 heavy (non-hydrogen) atoms. The molecule has 0 rings (SSSR count). The maximum absolute atomic E-state index is 10.4. The first kappa shape index (κ1) is 12.1. The summed E-state index contributed by atoms with van der Waals surface area (Å²) in [7, 11) is 1.59. The molecule has 0 fully saturated rings. The van der Waals surface area contributed by atoms with Gasteiger partial charge in [-0.3, -0.25) is 4.89 Å². The quantitative estimate of drug-likeness (QED) is 0.238. The summed E-state index contributed by atoms with van der Waals surface area (Å²) in [4.78, 5) is 19.1. The Hall–Kier alpha value is -0.910. The van der Waals surface area contributed by atoms with E-state index in [2.05, 4.69) is 16.4 Å². The van der Waals surface area contributed by atoms with Gasteiger partial charge in [0.1, 0.15) is 6.61 Å². The van der Waals surface area contributed by atoms with E-state index in [0.717, 1.165) is 6.08 Å². The van der Waals surface area contributed by atoms with Gasteiger partial charge in [-0.05, 0) is 0 Å². The Bertz CT molecular complexity index is 145. The van der Waals surface area contributed by atoms with Crippen molar-refractivity contribution in [3.63, 3.8) is 0 Å². The van der Waals surface area contributed by atoms with Crippen molar-refractivity contribution in [3.8, 4) is 0 Å². The molecule has 0 saturated heterocycles. The number of ether oxygens (including phenoxy) is 2. The van der Waals surface area contributed by atoms with Gasteiger partial charge in [0.15, 0.2) is 0 Å². The molecule has 5 heteroatoms. The molecule has 0 amide bonds. The Morgan fingerprint density at radius 3 is 2.62 bits per heavy atom. The molecule has 76 valence electrons. The largest absolute Gasteiger partial charge is 0.382 e. The molecule has 0 aromatic carbocycles. The highest BCUT2D eigenvalue weighted by Gasteiger charge is 1.95. The number of hydrogen-bond donors (Lipinski definition) is 0. The lowest BCUT2D eigenvalue weighted by molar-refractivity contribution is -0.271. The van der Waals surface area contributed by atoms with E-state index in [0.29, 0.717) is 19.8 Å². The van der Waals surface area contributed by atoms with Crippen molar-refractivity contribution in [2.75, 3.05) is 33.5 Å². The third-order valence-electron chi connectivity index (χ3n) is 1.05. The van der Waals surface area contributed by atoms with Crippen LogP contribution in [0.25, 0.3) is 0 Å². The lowest BCUT2D eigenvalue weighted by atomic mass is 10.7. The SMILES string of the molecule is C=CC(=O)OOCCOCCOC. The van der Waals surface area contributed by atoms with Crippen LogP contribution in [0.2, 0.25) is 0 Å². The van der Waals surface area contributed by atoms with Crippen LogP contribution in [0, 0.1) is 0 Å². The van der Waals surface area contributed by atoms with Gasteiger partial charge in [0.2, 0.25) is 0 Å². The summed E-state index contributed by atoms with van der Waals surface area (Å²) in [6.07, 6.45) is 1.02. The van der Waals surface area contributed by atoms with Crippen molar-refractivity contribution in [3.05, 3.63) is 12.7 Å². The zero-order valence-corrected chi connectivity index (χ0v) is 7.65. The minimum absolute atomic E-state index is 0.198. The Kier molecular flexibility index (Phi) is 8.54. The zero-order valence-electron chi connectivity index (χ0n) is 7.65. The second-order valence-electron chi connectivity index (χ2n) is 2.03. The lowest BCUT2D eigenvalue weighted by Gasteiger charge is -2.02. The summed E-state index contributed by atoms with van der Waals surface area (Å²) in [5.41, 5.74) is 0. The molecular weight excluding hydrogens is 176 g/mol. The van der Waals surface area contributed by atoms with E-state index in [1.54, 1.807) is 7.11 Å². The van der Waals surface area contributed by atoms with Gasteiger partial charge in [0, 0.05) is 13.2 Å². The standard InChI is InChI=1S/C8H14O5/c1-3-8(9)13-12-7-6-11-5-4-10-2/h3H,1,4-7H2,2H3. The van der Waals surface area contributed by atoms with Crippen LogP contribution < -0.4 is 0 Å². The van der Waals surface area contributed by atoms with E-state index < -0.39 is 5.97 Å². The van der Waals surface area contributed by atoms with Gasteiger partial charge in [-0.15, -0.1) is 0 Å². The molecule has 5 nitrogen and oxygen atoms in total. The average molecular weight is 190 g/mol. The Morgan fingerprint density at radius 2 is 2.00 bits per heavy atom. The predicted octanol–water partition coefficient (Wildman–Crippen LogP) is 0.310. The molecule has 0 saturated carbocycles. The van der Waals surface area contributed by atoms with Crippen molar-refractivity contribution in [2.45, 2.75) is 0 Å². The summed E-state index contributed by atoms with van der Waals surface area (Å²) < 4.78 is 9.76. The van der Waals surface area contributed by atoms with Gasteiger partial charge in [-0.1, -0.05) is 6.58 Å². The summed E-state index contributed by atoms with van der Waals surface area (Å²) in [5.74, 6) is -0.614. The summed E-state index contributed by atoms with van der Waals surface area (Å²) in [6.45, 7) is 4.78. The van der Waals surface area contributed by atoms with Crippen molar-refractivity contribution in [1.82, 2.24) is 0 Å². The maximum atomic E-state index is 10.4. The van der Waals surface area contributed by atoms with Crippen LogP contribution in [0.1, 0.15) is 0 Å². The van der Waals surface area contributed by atoms with Crippen LogP contribution in [0.5, 0.6) is 0 Å². The Labute approximate surface area is 77.1 Å². The van der Waals surface area contributed by atoms with Crippen molar-refractivity contribution in [1.29, 1.82) is 0 Å². The molecular formula is C8H14O5. The van der Waals surface area contributed by atoms with Gasteiger partial charge in [0.25, 0.3) is 0 Å². The highest BCUT2D eigenvalue weighted by atomic mass is 17.2. The van der Waals surface area contributed by atoms with Crippen LogP contribution in [0.4, 0.5) is 0 Å². The topological polar surface area (TPSA) is 54.0 Å². The van der Waals surface area contributed by atoms with E-state index in [-0.39, 0.29) is 6.61 Å². The number of methoxy groups -OCH3 is 1. The van der Waals surface area contributed by atoms with Crippen molar-refractivity contribution >= 4 is 5.97 Å². The highest BCUT2D eigenvalue weighted by Crippen LogP contribution is 1.83. The van der Waals surface area contributed by atoms with E-state index in [1.165, 1.54) is 0 Å². The molecule has 0 aliphatic heterocycles. The van der Waals surface area contributed by atoms with Gasteiger partial charge >= 0.3 is 5.97 Å². The molecule has 0 radical (unpaired) electrons. The van der Waals surface area contributed by atoms with Crippen molar-refractivity contribution < 1.29 is 24.0 Å². The van der Waals surface area contributed by atoms with Gasteiger partial charge in [0.05, 0.1) is 19.8 Å². The number of carbonyl (C=O) groups is 1. The minimum atomic E-state index is -0.614. The second kappa shape index (κ2) is 9.18. The molecule has 0 aliphatic carbocycles. The molecule has 0 aromatic heterocycles. The fraction of sp³-hybridized carbons (Fsp3) is 0.625. The normalized spacial score (nSPS) is 9.62. The average Bonchev–Trinajstić information content (AvgIpc) is 2.16. The molecule has 0 aromatic rings. The molecule has 0 N–H and O–H groups in total. The first-order valence-electron chi connectivity index (χ1n) is 3.83. The fourth-order valence-corrected chi connectivity index (χ4v) is 0.471. The highest BCUT2D eigenvalue weighted by molar-refractivity contribution is 5.80. The predicted molar refractivity (Wildman–Crippen MR) is 44.9 cm³/mol. The Morgan fingerprint density at radius 1 is 1.31 bits per heavy atom. The van der Waals surface area contributed by atoms with Crippen LogP contribution >= 0.6 is 0 Å². The van der Waals surface area contributed by atoms with E-state index in [9.17, 15) is 4.79 Å². The molecule has 0 spiro atoms. The first-order chi connectivity index (χ1) is 6.31. The number of hydrogen-bond acceptors (Lipinski definition) is 5. The van der Waals surface area contributed by atoms with E-state index in [1.807, 2.05) is 0 Å². The van der Waals surface area contributed by atoms with Crippen LogP contribution in [-0.4, -0.2) is 39.5 Å². The summed E-state index contributed by atoms with van der Waals surface area (Å²) in [6, 6.07) is 0. The van der Waals surface area contributed by atoms with Crippen LogP contribution in [0.15, 0.2) is 12.7 Å². The molecule has 0 bridgehead atoms. The number of carbonyl (C=O) groups excluding carboxylic acids is 1. The summed E-state index contributed by atoms with van der Waals surface area (Å²) >= 11 is 0. The number of rotatable bonds is 8. The zero-order chi connectivity index (χ0) is 9.94. The van der Waals surface area contributed by atoms with Gasteiger partial charge in [-0.25, -0.2) is 4.79 Å². The smallest absolute Gasteiger partial charge is 0.365 e. The fourth-order valence-electron chi connectivity index (χ4n) is 0.471. The van der Waals surface area contributed by atoms with Gasteiger partial charge in [-0.2, -0.15) is 4.89 Å². The molecule has 0 aliphatic rings. The van der Waals surface area contributed by atoms with Crippen LogP contribution in [-0.2, 0) is 24.0 Å². The molecule has 0 heterocycles. The minimum Gasteiger partial charge on any atom is -0.382 e. The van der Waals surface area contributed by atoms with Gasteiger partial charge < -0.3 is 9.47 Å². The third-order valence-corrected chi connectivity index (χ3v) is 1.05. The van der Waals surface area contributed by atoms with Crippen molar-refractivity contribution in [2.24, 2.45) is 0 Å².